The fraction of sp³-hybridized carbons (Fsp3) is 0.455. The molecule has 0 atom stereocenters. The van der Waals surface area contributed by atoms with Crippen molar-refractivity contribution in [3.8, 4) is 11.5 Å². The predicted octanol–water partition coefficient (Wildman–Crippen LogP) is -1.94. The third-order valence-corrected chi connectivity index (χ3v) is 2.02. The molecule has 1 aromatic carbocycles. The molecule has 0 unspecified atom stereocenters. The zero-order chi connectivity index (χ0) is 11.5. The van der Waals surface area contributed by atoms with Crippen LogP contribution in [0.25, 0.3) is 0 Å². The lowest BCUT2D eigenvalue weighted by Gasteiger charge is -2.23. The molecule has 0 radical (unpaired) electrons. The number of ether oxygens (including phenoxy) is 1. The molecular weight excluding hydrogens is 228 g/mol. The minimum absolute atomic E-state index is 0. The summed E-state index contributed by atoms with van der Waals surface area (Å²) in [5, 5.41) is 9.26. The molecule has 3 N–H and O–H groups in total. The van der Waals surface area contributed by atoms with Crippen LogP contribution >= 0.6 is 0 Å². The number of anilines is 1. The average Bonchev–Trinajstić information content (AvgIpc) is 2.09. The van der Waals surface area contributed by atoms with Gasteiger partial charge in [0.1, 0.15) is 24.7 Å². The highest BCUT2D eigenvalue weighted by atomic mass is 35.5. The van der Waals surface area contributed by atoms with Crippen LogP contribution < -0.4 is 22.9 Å². The molecule has 0 bridgehead atoms. The summed E-state index contributed by atoms with van der Waals surface area (Å²) < 4.78 is 6.33. The van der Waals surface area contributed by atoms with Crippen molar-refractivity contribution in [2.75, 3.05) is 40.0 Å². The first kappa shape index (κ1) is 14.9. The molecule has 0 aliphatic carbocycles. The van der Waals surface area contributed by atoms with Crippen LogP contribution in [0.3, 0.4) is 0 Å². The topological polar surface area (TPSA) is 55.5 Å². The van der Waals surface area contributed by atoms with E-state index in [1.807, 2.05) is 0 Å². The number of benzene rings is 1. The van der Waals surface area contributed by atoms with Crippen molar-refractivity contribution in [3.05, 3.63) is 18.2 Å². The molecule has 0 aliphatic rings. The Labute approximate surface area is 103 Å². The zero-order valence-electron chi connectivity index (χ0n) is 9.90. The summed E-state index contributed by atoms with van der Waals surface area (Å²) in [4.78, 5) is 0. The van der Waals surface area contributed by atoms with E-state index >= 15 is 0 Å². The van der Waals surface area contributed by atoms with E-state index in [2.05, 4.69) is 21.1 Å². The summed E-state index contributed by atoms with van der Waals surface area (Å²) in [6.45, 7) is 1.46. The van der Waals surface area contributed by atoms with Gasteiger partial charge in [0, 0.05) is 6.07 Å². The molecule has 1 rings (SSSR count). The van der Waals surface area contributed by atoms with Gasteiger partial charge >= 0.3 is 0 Å². The smallest absolute Gasteiger partial charge is 0.146 e. The van der Waals surface area contributed by atoms with Crippen molar-refractivity contribution < 1.29 is 26.7 Å². The van der Waals surface area contributed by atoms with Crippen LogP contribution in [0, 0.1) is 0 Å². The summed E-state index contributed by atoms with van der Waals surface area (Å²) in [5.41, 5.74) is 6.25. The molecule has 5 heteroatoms. The first-order valence-electron chi connectivity index (χ1n) is 4.90. The largest absolute Gasteiger partial charge is 1.00 e. The molecule has 1 aromatic rings. The molecule has 0 fully saturated rings. The molecule has 0 amide bonds. The number of nitrogen functional groups attached to an aromatic ring is 1. The van der Waals surface area contributed by atoms with Crippen LogP contribution in [0.2, 0.25) is 0 Å². The Bertz CT molecular complexity index is 337. The number of aromatic hydroxyl groups is 1. The first-order valence-corrected chi connectivity index (χ1v) is 4.90. The number of hydrogen-bond donors (Lipinski definition) is 2. The number of nitrogens with two attached hydrogens (primary N) is 1. The Hall–Kier alpha value is -1.13. The summed E-state index contributed by atoms with van der Waals surface area (Å²) in [7, 11) is 6.28. The highest BCUT2D eigenvalue weighted by molar-refractivity contribution is 5.55. The predicted molar refractivity (Wildman–Crippen MR) is 60.9 cm³/mol. The number of phenols is 1. The molecule has 0 spiro atoms. The minimum Gasteiger partial charge on any atom is -1.00 e. The number of rotatable bonds is 4. The number of likely N-dealkylation sites (N-methyl/N-ethyl adjacent to an activating group) is 1. The van der Waals surface area contributed by atoms with E-state index < -0.39 is 0 Å². The Balaban J connectivity index is 0.00000225. The summed E-state index contributed by atoms with van der Waals surface area (Å²) >= 11 is 0. The Morgan fingerprint density at radius 1 is 1.31 bits per heavy atom. The van der Waals surface area contributed by atoms with E-state index in [1.165, 1.54) is 6.07 Å². The van der Waals surface area contributed by atoms with Crippen LogP contribution in [0.4, 0.5) is 5.69 Å². The monoisotopic (exact) mass is 246 g/mol. The lowest BCUT2D eigenvalue weighted by Crippen LogP contribution is -3.00. The lowest BCUT2D eigenvalue weighted by atomic mass is 10.3. The van der Waals surface area contributed by atoms with Crippen molar-refractivity contribution in [2.45, 2.75) is 0 Å². The lowest BCUT2D eigenvalue weighted by molar-refractivity contribution is -0.870. The van der Waals surface area contributed by atoms with Crippen LogP contribution in [-0.4, -0.2) is 43.9 Å². The molecule has 0 heterocycles. The van der Waals surface area contributed by atoms with E-state index in [4.69, 9.17) is 10.5 Å². The molecule has 92 valence electrons. The van der Waals surface area contributed by atoms with Crippen molar-refractivity contribution in [3.63, 3.8) is 0 Å². The molecule has 0 aliphatic heterocycles. The summed E-state index contributed by atoms with van der Waals surface area (Å²) in [6, 6.07) is 4.71. The maximum Gasteiger partial charge on any atom is 0.146 e. The third-order valence-electron chi connectivity index (χ3n) is 2.02. The van der Waals surface area contributed by atoms with Gasteiger partial charge in [0.05, 0.1) is 26.8 Å². The fourth-order valence-electron chi connectivity index (χ4n) is 1.08. The van der Waals surface area contributed by atoms with E-state index in [1.54, 1.807) is 12.1 Å². The van der Waals surface area contributed by atoms with Crippen molar-refractivity contribution in [1.29, 1.82) is 0 Å². The standard InChI is InChI=1S/C11H18N2O2.ClH/c1-13(2,3)6-7-15-11-8-9(14)4-5-10(11)12;/h4-5,8H,6-7,12H2,1-3H3;1H. The fourth-order valence-corrected chi connectivity index (χ4v) is 1.08. The number of phenolic OH excluding ortho intramolecular Hbond substituents is 1. The van der Waals surface area contributed by atoms with Gasteiger partial charge in [0.15, 0.2) is 0 Å². The Kier molecular flexibility index (Phi) is 5.41. The Morgan fingerprint density at radius 2 is 1.94 bits per heavy atom. The second-order valence-electron chi connectivity index (χ2n) is 4.58. The maximum atomic E-state index is 9.26. The molecular formula is C11H19ClN2O2. The van der Waals surface area contributed by atoms with E-state index in [0.29, 0.717) is 18.0 Å². The second-order valence-corrected chi connectivity index (χ2v) is 4.58. The molecule has 4 nitrogen and oxygen atoms in total. The van der Waals surface area contributed by atoms with Gasteiger partial charge in [-0.05, 0) is 12.1 Å². The van der Waals surface area contributed by atoms with Gasteiger partial charge in [-0.25, -0.2) is 0 Å². The maximum absolute atomic E-state index is 9.26. The number of quaternary nitrogens is 1. The quantitative estimate of drug-likeness (QED) is 0.370. The van der Waals surface area contributed by atoms with Crippen molar-refractivity contribution >= 4 is 5.69 Å². The molecule has 0 aromatic heterocycles. The molecule has 0 saturated heterocycles. The summed E-state index contributed by atoms with van der Waals surface area (Å²) in [6.07, 6.45) is 0. The molecule has 16 heavy (non-hydrogen) atoms. The minimum atomic E-state index is 0. The molecule has 0 saturated carbocycles. The van der Waals surface area contributed by atoms with Gasteiger partial charge in [0.25, 0.3) is 0 Å². The van der Waals surface area contributed by atoms with Crippen LogP contribution in [0.5, 0.6) is 11.5 Å². The highest BCUT2D eigenvalue weighted by Gasteiger charge is 2.08. The summed E-state index contributed by atoms with van der Waals surface area (Å²) in [5.74, 6) is 0.716. The number of halogens is 1. The van der Waals surface area contributed by atoms with Gasteiger partial charge in [-0.1, -0.05) is 0 Å². The van der Waals surface area contributed by atoms with Gasteiger partial charge in [-0.15, -0.1) is 0 Å². The van der Waals surface area contributed by atoms with Gasteiger partial charge in [0.2, 0.25) is 0 Å². The average molecular weight is 247 g/mol. The van der Waals surface area contributed by atoms with Gasteiger partial charge in [-0.2, -0.15) is 0 Å². The first-order chi connectivity index (χ1) is 6.88. The number of hydrogen-bond acceptors (Lipinski definition) is 3. The van der Waals surface area contributed by atoms with E-state index in [-0.39, 0.29) is 18.2 Å². The van der Waals surface area contributed by atoms with Gasteiger partial charge < -0.3 is 32.5 Å². The van der Waals surface area contributed by atoms with Gasteiger partial charge in [-0.3, -0.25) is 0 Å². The van der Waals surface area contributed by atoms with Crippen molar-refractivity contribution in [2.24, 2.45) is 0 Å². The van der Waals surface area contributed by atoms with Crippen LogP contribution in [0.1, 0.15) is 0 Å². The second kappa shape index (κ2) is 5.82. The third kappa shape index (κ3) is 5.09. The number of nitrogens with zero attached hydrogens (tertiary/aromatic N) is 1. The normalized spacial score (nSPS) is 10.7. The highest BCUT2D eigenvalue weighted by Crippen LogP contribution is 2.25. The SMILES string of the molecule is C[N+](C)(C)CCOc1cc(O)ccc1N.[Cl-]. The van der Waals surface area contributed by atoms with E-state index in [0.717, 1.165) is 11.0 Å². The van der Waals surface area contributed by atoms with E-state index in [9.17, 15) is 5.11 Å². The van der Waals surface area contributed by atoms with Crippen LogP contribution in [-0.2, 0) is 0 Å². The Morgan fingerprint density at radius 3 is 2.50 bits per heavy atom. The van der Waals surface area contributed by atoms with Crippen molar-refractivity contribution in [1.82, 2.24) is 0 Å². The van der Waals surface area contributed by atoms with Crippen LogP contribution in [0.15, 0.2) is 18.2 Å². The zero-order valence-corrected chi connectivity index (χ0v) is 10.7.